The fourth-order valence-electron chi connectivity index (χ4n) is 1.57. The third-order valence-corrected chi connectivity index (χ3v) is 5.90. The van der Waals surface area contributed by atoms with Gasteiger partial charge in [-0.2, -0.15) is 0 Å². The molecule has 0 spiro atoms. The monoisotopic (exact) mass is 208 g/mol. The van der Waals surface area contributed by atoms with Crippen LogP contribution in [0.5, 0.6) is 0 Å². The molecule has 0 radical (unpaired) electrons. The molecule has 1 aromatic carbocycles. The molecule has 1 nitrogen and oxygen atoms in total. The zero-order valence-corrected chi connectivity index (χ0v) is 10.5. The number of rotatable bonds is 3. The lowest BCUT2D eigenvalue weighted by molar-refractivity contribution is 0.280. The Labute approximate surface area is 87.8 Å². The quantitative estimate of drug-likeness (QED) is 0.757. The molecule has 1 aromatic rings. The van der Waals surface area contributed by atoms with Crippen molar-refractivity contribution in [2.24, 2.45) is 0 Å². The van der Waals surface area contributed by atoms with E-state index in [1.165, 1.54) is 5.56 Å². The summed E-state index contributed by atoms with van der Waals surface area (Å²) in [5, 5.41) is 9.25. The summed E-state index contributed by atoms with van der Waals surface area (Å²) < 4.78 is 0. The van der Waals surface area contributed by atoms with Crippen molar-refractivity contribution in [3.05, 3.63) is 35.4 Å². The van der Waals surface area contributed by atoms with Crippen LogP contribution < -0.4 is 0 Å². The van der Waals surface area contributed by atoms with Gasteiger partial charge in [0, 0.05) is 0 Å². The van der Waals surface area contributed by atoms with Crippen molar-refractivity contribution in [3.8, 4) is 0 Å². The summed E-state index contributed by atoms with van der Waals surface area (Å²) in [6.45, 7) is 9.54. The van der Waals surface area contributed by atoms with Crippen LogP contribution in [0.15, 0.2) is 24.3 Å². The minimum atomic E-state index is -1.16. The van der Waals surface area contributed by atoms with Crippen LogP contribution >= 0.6 is 0 Å². The molecule has 0 unspecified atom stereocenters. The van der Waals surface area contributed by atoms with Gasteiger partial charge in [-0.25, -0.2) is 0 Å². The topological polar surface area (TPSA) is 20.2 Å². The Morgan fingerprint density at radius 1 is 1.21 bits per heavy atom. The number of hydrogen-bond donors (Lipinski definition) is 1. The van der Waals surface area contributed by atoms with Gasteiger partial charge < -0.3 is 5.11 Å². The molecule has 14 heavy (non-hydrogen) atoms. The van der Waals surface area contributed by atoms with E-state index in [0.29, 0.717) is 5.54 Å². The second-order valence-electron chi connectivity index (χ2n) is 4.94. The van der Waals surface area contributed by atoms with Crippen LogP contribution in [-0.2, 0) is 6.61 Å². The molecule has 0 bridgehead atoms. The van der Waals surface area contributed by atoms with E-state index in [-0.39, 0.29) is 6.61 Å². The van der Waals surface area contributed by atoms with E-state index in [4.69, 9.17) is 0 Å². The Kier molecular flexibility index (Phi) is 3.51. The molecule has 0 aromatic heterocycles. The molecule has 0 fully saturated rings. The lowest BCUT2D eigenvalue weighted by Gasteiger charge is -2.27. The minimum Gasteiger partial charge on any atom is -0.392 e. The third kappa shape index (κ3) is 2.46. The first-order valence-corrected chi connectivity index (χ1v) is 8.73. The summed E-state index contributed by atoms with van der Waals surface area (Å²) in [5.74, 6) is 0. The van der Waals surface area contributed by atoms with Gasteiger partial charge in [0.1, 0.15) is 0 Å². The van der Waals surface area contributed by atoms with Gasteiger partial charge in [0.05, 0.1) is 14.7 Å². The summed E-state index contributed by atoms with van der Waals surface area (Å²) in [6, 6.07) is 8.22. The molecule has 0 aliphatic rings. The molecule has 0 aliphatic carbocycles. The van der Waals surface area contributed by atoms with Gasteiger partial charge in [0.25, 0.3) is 0 Å². The molecule has 78 valence electrons. The maximum absolute atomic E-state index is 9.25. The Balaban J connectivity index is 3.06. The number of aliphatic hydroxyl groups excluding tert-OH is 1. The highest BCUT2D eigenvalue weighted by Crippen LogP contribution is 2.28. The van der Waals surface area contributed by atoms with Crippen molar-refractivity contribution < 1.29 is 5.11 Å². The number of hydrogen-bond acceptors (Lipinski definition) is 1. The second-order valence-corrected chi connectivity index (χ2v) is 10.5. The minimum absolute atomic E-state index is 0.158. The molecular formula is C12H20OSi. The highest BCUT2D eigenvalue weighted by Gasteiger charge is 2.25. The van der Waals surface area contributed by atoms with Crippen molar-refractivity contribution in [1.29, 1.82) is 0 Å². The predicted molar refractivity (Wildman–Crippen MR) is 64.1 cm³/mol. The Morgan fingerprint density at radius 2 is 1.79 bits per heavy atom. The molecule has 0 saturated carbocycles. The van der Waals surface area contributed by atoms with Gasteiger partial charge in [-0.3, -0.25) is 0 Å². The van der Waals surface area contributed by atoms with Crippen LogP contribution in [0.2, 0.25) is 19.6 Å². The highest BCUT2D eigenvalue weighted by atomic mass is 28.3. The molecule has 2 heteroatoms. The molecule has 0 saturated heterocycles. The van der Waals surface area contributed by atoms with E-state index in [1.807, 2.05) is 12.1 Å². The van der Waals surface area contributed by atoms with E-state index in [1.54, 1.807) is 0 Å². The average molecular weight is 208 g/mol. The van der Waals surface area contributed by atoms with E-state index in [9.17, 15) is 5.11 Å². The third-order valence-electron chi connectivity index (χ3n) is 2.99. The van der Waals surface area contributed by atoms with Gasteiger partial charge in [0.15, 0.2) is 0 Å². The van der Waals surface area contributed by atoms with Crippen LogP contribution in [0.4, 0.5) is 0 Å². The predicted octanol–water partition coefficient (Wildman–Crippen LogP) is 3.16. The summed E-state index contributed by atoms with van der Waals surface area (Å²) in [5.41, 5.74) is 3.02. The summed E-state index contributed by atoms with van der Waals surface area (Å²) in [6.07, 6.45) is 0. The van der Waals surface area contributed by atoms with Crippen molar-refractivity contribution in [3.63, 3.8) is 0 Å². The van der Waals surface area contributed by atoms with Crippen molar-refractivity contribution in [2.75, 3.05) is 0 Å². The molecule has 0 amide bonds. The summed E-state index contributed by atoms with van der Waals surface area (Å²) in [4.78, 5) is 0. The first-order chi connectivity index (χ1) is 6.46. The Morgan fingerprint density at radius 3 is 2.29 bits per heavy atom. The maximum atomic E-state index is 9.25. The SMILES string of the molecule is C[C@@H](c1ccccc1CO)[Si](C)(C)C. The largest absolute Gasteiger partial charge is 0.392 e. The number of benzene rings is 1. The first-order valence-electron chi connectivity index (χ1n) is 5.15. The van der Waals surface area contributed by atoms with Gasteiger partial charge in [-0.05, 0) is 16.7 Å². The zero-order chi connectivity index (χ0) is 10.8. The standard InChI is InChI=1S/C12H20OSi/c1-10(14(2,3)4)12-8-6-5-7-11(12)9-13/h5-8,10,13H,9H2,1-4H3/t10-/m0/s1. The molecule has 0 heterocycles. The average Bonchev–Trinajstić information content (AvgIpc) is 2.15. The van der Waals surface area contributed by atoms with Crippen LogP contribution in [0.1, 0.15) is 23.6 Å². The molecule has 1 rings (SSSR count). The van der Waals surface area contributed by atoms with Crippen LogP contribution in [0, 0.1) is 0 Å². The summed E-state index contributed by atoms with van der Waals surface area (Å²) in [7, 11) is -1.16. The number of aliphatic hydroxyl groups is 1. The van der Waals surface area contributed by atoms with Crippen molar-refractivity contribution >= 4 is 8.07 Å². The molecule has 1 N–H and O–H groups in total. The fraction of sp³-hybridized carbons (Fsp3) is 0.500. The zero-order valence-electron chi connectivity index (χ0n) is 9.54. The second kappa shape index (κ2) is 4.28. The smallest absolute Gasteiger partial charge is 0.0684 e. The molecular weight excluding hydrogens is 188 g/mol. The van der Waals surface area contributed by atoms with Crippen LogP contribution in [0.3, 0.4) is 0 Å². The van der Waals surface area contributed by atoms with Gasteiger partial charge >= 0.3 is 0 Å². The Bertz CT molecular complexity index is 301. The van der Waals surface area contributed by atoms with Crippen molar-refractivity contribution in [1.82, 2.24) is 0 Å². The summed E-state index contributed by atoms with van der Waals surface area (Å²) >= 11 is 0. The van der Waals surface area contributed by atoms with Crippen LogP contribution in [-0.4, -0.2) is 13.2 Å². The highest BCUT2D eigenvalue weighted by molar-refractivity contribution is 6.77. The van der Waals surface area contributed by atoms with E-state index < -0.39 is 8.07 Å². The van der Waals surface area contributed by atoms with E-state index >= 15 is 0 Å². The van der Waals surface area contributed by atoms with Gasteiger partial charge in [-0.15, -0.1) is 0 Å². The lowest BCUT2D eigenvalue weighted by Crippen LogP contribution is -2.29. The first kappa shape index (κ1) is 11.5. The van der Waals surface area contributed by atoms with Gasteiger partial charge in [0.2, 0.25) is 0 Å². The normalized spacial score (nSPS) is 14.1. The fourth-order valence-corrected chi connectivity index (χ4v) is 2.78. The maximum Gasteiger partial charge on any atom is 0.0684 e. The van der Waals surface area contributed by atoms with E-state index in [0.717, 1.165) is 5.56 Å². The molecule has 1 atom stereocenters. The van der Waals surface area contributed by atoms with Crippen LogP contribution in [0.25, 0.3) is 0 Å². The lowest BCUT2D eigenvalue weighted by atomic mass is 10.1. The van der Waals surface area contributed by atoms with E-state index in [2.05, 4.69) is 38.7 Å². The van der Waals surface area contributed by atoms with Crippen molar-refractivity contribution in [2.45, 2.75) is 38.7 Å². The molecule has 0 aliphatic heterocycles. The van der Waals surface area contributed by atoms with Gasteiger partial charge in [-0.1, -0.05) is 50.8 Å². The Hall–Kier alpha value is -0.603.